The second-order valence-corrected chi connectivity index (χ2v) is 7.42. The number of halogens is 1. The Bertz CT molecular complexity index is 386. The third-order valence-electron chi connectivity index (χ3n) is 6.28. The van der Waals surface area contributed by atoms with Gasteiger partial charge >= 0.3 is 5.97 Å². The molecule has 0 heterocycles. The highest BCUT2D eigenvalue weighted by Crippen LogP contribution is 2.67. The first-order chi connectivity index (χ1) is 9.28. The molecule has 0 aromatic carbocycles. The predicted molar refractivity (Wildman–Crippen MR) is 73.7 cm³/mol. The van der Waals surface area contributed by atoms with Gasteiger partial charge < -0.3 is 9.47 Å². The topological polar surface area (TPSA) is 35.5 Å². The minimum atomic E-state index is -0.235. The summed E-state index contributed by atoms with van der Waals surface area (Å²) >= 11 is 3.09. The van der Waals surface area contributed by atoms with Gasteiger partial charge in [-0.3, -0.25) is 4.79 Å². The number of hydrogen-bond acceptors (Lipinski definition) is 3. The summed E-state index contributed by atoms with van der Waals surface area (Å²) in [6.07, 6.45) is 7.38. The molecule has 4 rings (SSSR count). The minimum absolute atomic E-state index is 0.143. The van der Waals surface area contributed by atoms with E-state index in [4.69, 9.17) is 9.47 Å². The number of carbonyl (C=O) groups is 1. The number of ether oxygens (including phenoxy) is 2. The van der Waals surface area contributed by atoms with E-state index < -0.39 is 0 Å². The zero-order valence-electron chi connectivity index (χ0n) is 11.1. The van der Waals surface area contributed by atoms with Crippen LogP contribution < -0.4 is 0 Å². The molecule has 4 saturated carbocycles. The molecule has 0 radical (unpaired) electrons. The molecule has 0 N–H and O–H groups in total. The van der Waals surface area contributed by atoms with E-state index in [0.29, 0.717) is 6.10 Å². The predicted octanol–water partition coefficient (Wildman–Crippen LogP) is 2.97. The summed E-state index contributed by atoms with van der Waals surface area (Å²) in [5, 5.41) is 0.252. The minimum Gasteiger partial charge on any atom is -0.438 e. The fourth-order valence-electron chi connectivity index (χ4n) is 5.92. The molecular formula is C15H21BrO3. The Hall–Kier alpha value is -0.0900. The van der Waals surface area contributed by atoms with Crippen LogP contribution >= 0.6 is 15.9 Å². The standard InChI is InChI=1S/C15H21BrO3/c16-6-13(17)19-7-18-12-5-10-4-11(12)15-9-2-1-8(3-9)14(10)15/h8-12,14-15H,1-7H2. The highest BCUT2D eigenvalue weighted by Gasteiger charge is 2.62. The maximum Gasteiger partial charge on any atom is 0.318 e. The smallest absolute Gasteiger partial charge is 0.318 e. The largest absolute Gasteiger partial charge is 0.438 e. The van der Waals surface area contributed by atoms with Crippen LogP contribution in [0.15, 0.2) is 0 Å². The van der Waals surface area contributed by atoms with Gasteiger partial charge in [-0.25, -0.2) is 0 Å². The SMILES string of the molecule is O=C(CBr)OCOC1CC2CC1C1C3CCC(C3)C21. The fourth-order valence-corrected chi connectivity index (χ4v) is 6.08. The highest BCUT2D eigenvalue weighted by atomic mass is 79.9. The van der Waals surface area contributed by atoms with E-state index >= 15 is 0 Å². The molecule has 7 atom stereocenters. The average molecular weight is 329 g/mol. The monoisotopic (exact) mass is 328 g/mol. The first-order valence-corrected chi connectivity index (χ1v) is 8.73. The number of carbonyl (C=O) groups excluding carboxylic acids is 1. The van der Waals surface area contributed by atoms with E-state index in [1.807, 2.05) is 0 Å². The van der Waals surface area contributed by atoms with Crippen LogP contribution in [0.3, 0.4) is 0 Å². The maximum atomic E-state index is 11.1. The lowest BCUT2D eigenvalue weighted by Gasteiger charge is -2.38. The third kappa shape index (κ3) is 1.90. The van der Waals surface area contributed by atoms with Crippen molar-refractivity contribution in [2.45, 2.75) is 38.2 Å². The first kappa shape index (κ1) is 12.6. The van der Waals surface area contributed by atoms with E-state index in [-0.39, 0.29) is 18.1 Å². The third-order valence-corrected chi connectivity index (χ3v) is 6.74. The van der Waals surface area contributed by atoms with Gasteiger partial charge in [0.25, 0.3) is 0 Å². The molecule has 0 saturated heterocycles. The van der Waals surface area contributed by atoms with Gasteiger partial charge in [-0.1, -0.05) is 15.9 Å². The summed E-state index contributed by atoms with van der Waals surface area (Å²) < 4.78 is 10.9. The van der Waals surface area contributed by atoms with Gasteiger partial charge in [-0.05, 0) is 67.6 Å². The van der Waals surface area contributed by atoms with Crippen molar-refractivity contribution in [2.24, 2.45) is 35.5 Å². The van der Waals surface area contributed by atoms with Gasteiger partial charge in [0.15, 0.2) is 6.79 Å². The van der Waals surface area contributed by atoms with Gasteiger partial charge in [0, 0.05) is 0 Å². The molecule has 7 unspecified atom stereocenters. The van der Waals surface area contributed by atoms with E-state index in [2.05, 4.69) is 15.9 Å². The molecule has 0 aromatic heterocycles. The first-order valence-electron chi connectivity index (χ1n) is 7.61. The van der Waals surface area contributed by atoms with Crippen LogP contribution in [0.2, 0.25) is 0 Å². The van der Waals surface area contributed by atoms with E-state index in [1.54, 1.807) is 0 Å². The second kappa shape index (κ2) is 4.73. The number of rotatable bonds is 4. The lowest BCUT2D eigenvalue weighted by Crippen LogP contribution is -2.36. The summed E-state index contributed by atoms with van der Waals surface area (Å²) in [4.78, 5) is 11.1. The van der Waals surface area contributed by atoms with Crippen LogP contribution in [0.25, 0.3) is 0 Å². The quantitative estimate of drug-likeness (QED) is 0.344. The molecule has 4 bridgehead atoms. The van der Waals surface area contributed by atoms with Crippen LogP contribution in [0.4, 0.5) is 0 Å². The number of esters is 1. The lowest BCUT2D eigenvalue weighted by atomic mass is 9.70. The number of hydrogen-bond donors (Lipinski definition) is 0. The van der Waals surface area contributed by atoms with Crippen molar-refractivity contribution < 1.29 is 14.3 Å². The van der Waals surface area contributed by atoms with Crippen molar-refractivity contribution in [3.8, 4) is 0 Å². The average Bonchev–Trinajstić information content (AvgIpc) is 3.16. The molecule has 0 amide bonds. The molecule has 4 fully saturated rings. The molecule has 3 nitrogen and oxygen atoms in total. The van der Waals surface area contributed by atoms with Gasteiger partial charge in [0.05, 0.1) is 6.10 Å². The zero-order chi connectivity index (χ0) is 13.0. The van der Waals surface area contributed by atoms with E-state index in [1.165, 1.54) is 32.1 Å². The van der Waals surface area contributed by atoms with E-state index in [0.717, 1.165) is 35.5 Å². The van der Waals surface area contributed by atoms with Crippen molar-refractivity contribution in [3.63, 3.8) is 0 Å². The van der Waals surface area contributed by atoms with Gasteiger partial charge in [-0.15, -0.1) is 0 Å². The van der Waals surface area contributed by atoms with Crippen molar-refractivity contribution in [2.75, 3.05) is 12.1 Å². The van der Waals surface area contributed by atoms with Crippen LogP contribution in [0.5, 0.6) is 0 Å². The summed E-state index contributed by atoms with van der Waals surface area (Å²) in [5.74, 6) is 5.41. The molecule has 4 aliphatic rings. The number of fused-ring (bicyclic) bond motifs is 9. The molecule has 19 heavy (non-hydrogen) atoms. The van der Waals surface area contributed by atoms with Crippen molar-refractivity contribution in [1.29, 1.82) is 0 Å². The van der Waals surface area contributed by atoms with Crippen molar-refractivity contribution in [3.05, 3.63) is 0 Å². The van der Waals surface area contributed by atoms with Gasteiger partial charge in [0.1, 0.15) is 5.33 Å². The lowest BCUT2D eigenvalue weighted by molar-refractivity contribution is -0.162. The van der Waals surface area contributed by atoms with Crippen LogP contribution in [-0.2, 0) is 14.3 Å². The van der Waals surface area contributed by atoms with Gasteiger partial charge in [-0.2, -0.15) is 0 Å². The zero-order valence-corrected chi connectivity index (χ0v) is 12.7. The Kier molecular flexibility index (Phi) is 3.14. The molecule has 0 aromatic rings. The molecule has 0 spiro atoms. The van der Waals surface area contributed by atoms with Crippen LogP contribution in [0, 0.1) is 35.5 Å². The Morgan fingerprint density at radius 1 is 1.05 bits per heavy atom. The van der Waals surface area contributed by atoms with Crippen LogP contribution in [0.1, 0.15) is 32.1 Å². The second-order valence-electron chi connectivity index (χ2n) is 6.86. The van der Waals surface area contributed by atoms with Gasteiger partial charge in [0.2, 0.25) is 0 Å². The Balaban J connectivity index is 1.36. The Labute approximate surface area is 122 Å². The molecular weight excluding hydrogens is 308 g/mol. The summed E-state index contributed by atoms with van der Waals surface area (Å²) in [6.45, 7) is 0.143. The summed E-state index contributed by atoms with van der Waals surface area (Å²) in [7, 11) is 0. The molecule has 4 heteroatoms. The molecule has 106 valence electrons. The van der Waals surface area contributed by atoms with E-state index in [9.17, 15) is 4.79 Å². The van der Waals surface area contributed by atoms with Crippen molar-refractivity contribution in [1.82, 2.24) is 0 Å². The number of alkyl halides is 1. The van der Waals surface area contributed by atoms with Crippen molar-refractivity contribution >= 4 is 21.9 Å². The fraction of sp³-hybridized carbons (Fsp3) is 0.933. The van der Waals surface area contributed by atoms with Crippen LogP contribution in [-0.4, -0.2) is 24.2 Å². The summed E-state index contributed by atoms with van der Waals surface area (Å²) in [6, 6.07) is 0. The highest BCUT2D eigenvalue weighted by molar-refractivity contribution is 9.09. The molecule has 4 aliphatic carbocycles. The Morgan fingerprint density at radius 2 is 1.84 bits per heavy atom. The normalized spacial score (nSPS) is 49.6. The summed E-state index contributed by atoms with van der Waals surface area (Å²) in [5.41, 5.74) is 0. The Morgan fingerprint density at radius 3 is 2.63 bits per heavy atom. The maximum absolute atomic E-state index is 11.1. The molecule has 0 aliphatic heterocycles.